The van der Waals surface area contributed by atoms with Gasteiger partial charge in [-0.05, 0) is 35.9 Å². The maximum atomic E-state index is 13.0. The van der Waals surface area contributed by atoms with Crippen LogP contribution >= 0.6 is 34.4 Å². The Hall–Kier alpha value is -1.96. The molecule has 7 heteroatoms. The SMILES string of the molecule is CC(C)CCn1c(SCc2csc(-c3cccs3)n2)nc2ccccc2c1=O. The number of aromatic nitrogens is 3. The van der Waals surface area contributed by atoms with Crippen LogP contribution in [0.1, 0.15) is 26.0 Å². The summed E-state index contributed by atoms with van der Waals surface area (Å²) in [5.74, 6) is 1.23. The second-order valence-corrected chi connectivity index (χ2v) is 9.71. The Morgan fingerprint density at radius 2 is 1.96 bits per heavy atom. The van der Waals surface area contributed by atoms with Crippen LogP contribution in [0.5, 0.6) is 0 Å². The zero-order chi connectivity index (χ0) is 19.5. The number of hydrogen-bond donors (Lipinski definition) is 0. The first-order chi connectivity index (χ1) is 13.6. The van der Waals surface area contributed by atoms with Gasteiger partial charge in [0.25, 0.3) is 5.56 Å². The van der Waals surface area contributed by atoms with E-state index in [9.17, 15) is 4.79 Å². The van der Waals surface area contributed by atoms with Gasteiger partial charge in [-0.3, -0.25) is 9.36 Å². The van der Waals surface area contributed by atoms with Crippen LogP contribution in [0.4, 0.5) is 0 Å². The van der Waals surface area contributed by atoms with Gasteiger partial charge in [0.1, 0.15) is 5.01 Å². The van der Waals surface area contributed by atoms with Gasteiger partial charge in [-0.25, -0.2) is 9.97 Å². The van der Waals surface area contributed by atoms with E-state index in [-0.39, 0.29) is 5.56 Å². The monoisotopic (exact) mass is 427 g/mol. The molecule has 0 amide bonds. The topological polar surface area (TPSA) is 47.8 Å². The molecule has 28 heavy (non-hydrogen) atoms. The highest BCUT2D eigenvalue weighted by molar-refractivity contribution is 7.98. The quantitative estimate of drug-likeness (QED) is 0.271. The van der Waals surface area contributed by atoms with Crippen molar-refractivity contribution in [3.05, 3.63) is 63.2 Å². The van der Waals surface area contributed by atoms with Crippen molar-refractivity contribution in [2.75, 3.05) is 0 Å². The Morgan fingerprint density at radius 3 is 2.75 bits per heavy atom. The Morgan fingerprint density at radius 1 is 1.11 bits per heavy atom. The van der Waals surface area contributed by atoms with Gasteiger partial charge in [-0.2, -0.15) is 0 Å². The van der Waals surface area contributed by atoms with Crippen molar-refractivity contribution in [2.24, 2.45) is 5.92 Å². The van der Waals surface area contributed by atoms with E-state index in [0.29, 0.717) is 23.6 Å². The summed E-state index contributed by atoms with van der Waals surface area (Å²) < 4.78 is 1.83. The molecule has 144 valence electrons. The summed E-state index contributed by atoms with van der Waals surface area (Å²) in [6, 6.07) is 11.7. The van der Waals surface area contributed by atoms with Crippen molar-refractivity contribution in [1.82, 2.24) is 14.5 Å². The molecule has 0 saturated carbocycles. The van der Waals surface area contributed by atoms with Crippen LogP contribution in [0.15, 0.2) is 57.1 Å². The summed E-state index contributed by atoms with van der Waals surface area (Å²) in [6.07, 6.45) is 0.951. The first kappa shape index (κ1) is 19.4. The molecule has 0 bridgehead atoms. The number of hydrogen-bond acceptors (Lipinski definition) is 6. The van der Waals surface area contributed by atoms with Gasteiger partial charge in [-0.15, -0.1) is 22.7 Å². The van der Waals surface area contributed by atoms with E-state index in [1.165, 1.54) is 4.88 Å². The van der Waals surface area contributed by atoms with Crippen LogP contribution in [0.2, 0.25) is 0 Å². The van der Waals surface area contributed by atoms with E-state index in [1.807, 2.05) is 34.9 Å². The molecule has 4 aromatic rings. The molecule has 0 saturated heterocycles. The predicted molar refractivity (Wildman–Crippen MR) is 120 cm³/mol. The van der Waals surface area contributed by atoms with E-state index in [0.717, 1.165) is 27.8 Å². The van der Waals surface area contributed by atoms with Crippen LogP contribution in [-0.2, 0) is 12.3 Å². The average Bonchev–Trinajstić information content (AvgIpc) is 3.37. The molecular weight excluding hydrogens is 406 g/mol. The van der Waals surface area contributed by atoms with Gasteiger partial charge < -0.3 is 0 Å². The number of rotatable bonds is 7. The number of thioether (sulfide) groups is 1. The van der Waals surface area contributed by atoms with E-state index < -0.39 is 0 Å². The first-order valence-corrected chi connectivity index (χ1v) is 12.0. The molecule has 0 fully saturated rings. The molecule has 0 unspecified atom stereocenters. The molecule has 3 aromatic heterocycles. The Bertz CT molecular complexity index is 1130. The lowest BCUT2D eigenvalue weighted by atomic mass is 10.1. The molecule has 4 nitrogen and oxygen atoms in total. The summed E-state index contributed by atoms with van der Waals surface area (Å²) >= 11 is 4.96. The highest BCUT2D eigenvalue weighted by Gasteiger charge is 2.13. The van der Waals surface area contributed by atoms with E-state index in [2.05, 4.69) is 30.7 Å². The number of thiazole rings is 1. The molecule has 0 radical (unpaired) electrons. The smallest absolute Gasteiger partial charge is 0.262 e. The van der Waals surface area contributed by atoms with Crippen LogP contribution < -0.4 is 5.56 Å². The number of para-hydroxylation sites is 1. The van der Waals surface area contributed by atoms with Crippen molar-refractivity contribution in [3.8, 4) is 9.88 Å². The van der Waals surface area contributed by atoms with Gasteiger partial charge >= 0.3 is 0 Å². The fraction of sp³-hybridized carbons (Fsp3) is 0.286. The van der Waals surface area contributed by atoms with Crippen molar-refractivity contribution >= 4 is 45.3 Å². The molecule has 0 N–H and O–H groups in total. The molecule has 0 spiro atoms. The van der Waals surface area contributed by atoms with Crippen LogP contribution in [-0.4, -0.2) is 14.5 Å². The highest BCUT2D eigenvalue weighted by atomic mass is 32.2. The standard InChI is InChI=1S/C21H21N3OS3/c1-14(2)9-10-24-20(25)16-6-3-4-7-17(16)23-21(24)28-13-15-12-27-19(22-15)18-8-5-11-26-18/h3-8,11-12,14H,9-10,13H2,1-2H3. The van der Waals surface area contributed by atoms with E-state index in [4.69, 9.17) is 9.97 Å². The molecule has 0 aliphatic carbocycles. The first-order valence-electron chi connectivity index (χ1n) is 9.22. The minimum Gasteiger partial charge on any atom is -0.287 e. The zero-order valence-electron chi connectivity index (χ0n) is 15.8. The lowest BCUT2D eigenvalue weighted by Crippen LogP contribution is -2.24. The number of nitrogens with zero attached hydrogens (tertiary/aromatic N) is 3. The Balaban J connectivity index is 1.61. The predicted octanol–water partition coefficient (Wildman–Crippen LogP) is 5.92. The second kappa shape index (κ2) is 8.59. The number of thiophene rings is 1. The fourth-order valence-corrected chi connectivity index (χ4v) is 5.52. The molecule has 3 heterocycles. The molecule has 4 rings (SSSR count). The summed E-state index contributed by atoms with van der Waals surface area (Å²) in [6.45, 7) is 5.04. The zero-order valence-corrected chi connectivity index (χ0v) is 18.2. The lowest BCUT2D eigenvalue weighted by molar-refractivity contribution is 0.481. The third-order valence-electron chi connectivity index (χ3n) is 4.39. The maximum absolute atomic E-state index is 13.0. The third kappa shape index (κ3) is 4.21. The highest BCUT2D eigenvalue weighted by Crippen LogP contribution is 2.30. The Labute approximate surface area is 176 Å². The molecule has 0 atom stereocenters. The van der Waals surface area contributed by atoms with Crippen LogP contribution in [0.25, 0.3) is 20.8 Å². The van der Waals surface area contributed by atoms with Crippen LogP contribution in [0, 0.1) is 5.92 Å². The van der Waals surface area contributed by atoms with Crippen molar-refractivity contribution < 1.29 is 0 Å². The maximum Gasteiger partial charge on any atom is 0.262 e. The summed E-state index contributed by atoms with van der Waals surface area (Å²) in [7, 11) is 0. The average molecular weight is 428 g/mol. The number of fused-ring (bicyclic) bond motifs is 1. The number of benzene rings is 1. The van der Waals surface area contributed by atoms with Gasteiger partial charge in [0, 0.05) is 17.7 Å². The normalized spacial score (nSPS) is 11.5. The minimum absolute atomic E-state index is 0.0475. The second-order valence-electron chi connectivity index (χ2n) is 6.96. The van der Waals surface area contributed by atoms with Gasteiger partial charge in [0.05, 0.1) is 21.5 Å². The molecular formula is C21H21N3OS3. The summed E-state index contributed by atoms with van der Waals surface area (Å²) in [5.41, 5.74) is 1.83. The van der Waals surface area contributed by atoms with Crippen molar-refractivity contribution in [1.29, 1.82) is 0 Å². The lowest BCUT2D eigenvalue weighted by Gasteiger charge is -2.14. The Kier molecular flexibility index (Phi) is 5.94. The van der Waals surface area contributed by atoms with Gasteiger partial charge in [-0.1, -0.05) is 43.8 Å². The molecule has 1 aromatic carbocycles. The minimum atomic E-state index is 0.0475. The van der Waals surface area contributed by atoms with Crippen molar-refractivity contribution in [3.63, 3.8) is 0 Å². The van der Waals surface area contributed by atoms with Crippen molar-refractivity contribution in [2.45, 2.75) is 37.7 Å². The van der Waals surface area contributed by atoms with Gasteiger partial charge in [0.2, 0.25) is 0 Å². The molecule has 0 aliphatic rings. The summed E-state index contributed by atoms with van der Waals surface area (Å²) in [4.78, 5) is 23.8. The van der Waals surface area contributed by atoms with E-state index >= 15 is 0 Å². The summed E-state index contributed by atoms with van der Waals surface area (Å²) in [5, 5.41) is 6.67. The van der Waals surface area contributed by atoms with E-state index in [1.54, 1.807) is 34.4 Å². The van der Waals surface area contributed by atoms with Crippen LogP contribution in [0.3, 0.4) is 0 Å². The fourth-order valence-electron chi connectivity index (χ4n) is 2.87. The largest absolute Gasteiger partial charge is 0.287 e. The van der Waals surface area contributed by atoms with Gasteiger partial charge in [0.15, 0.2) is 5.16 Å². The third-order valence-corrected chi connectivity index (χ3v) is 7.33. The molecule has 0 aliphatic heterocycles.